The van der Waals surface area contributed by atoms with Crippen LogP contribution in [0, 0.1) is 13.8 Å². The quantitative estimate of drug-likeness (QED) is 0.473. The van der Waals surface area contributed by atoms with Crippen molar-refractivity contribution in [2.24, 2.45) is 0 Å². The highest BCUT2D eigenvalue weighted by atomic mass is 19.4. The highest BCUT2D eigenvalue weighted by Gasteiger charge is 2.36. The SMILES string of the molecule is CCn1ncc(-c2cc(C(F)(F)F)c3c(C)nn(-c4ccc(OC)cc4)c3n2)c1C. The van der Waals surface area contributed by atoms with Crippen LogP contribution in [0.4, 0.5) is 13.2 Å². The van der Waals surface area contributed by atoms with Crippen LogP contribution in [0.3, 0.4) is 0 Å². The van der Waals surface area contributed by atoms with E-state index in [1.165, 1.54) is 4.68 Å². The predicted octanol–water partition coefficient (Wildman–Crippen LogP) is 4.95. The molecule has 1 aromatic carbocycles. The molecule has 0 spiro atoms. The van der Waals surface area contributed by atoms with Crippen LogP contribution < -0.4 is 4.74 Å². The minimum Gasteiger partial charge on any atom is -0.497 e. The minimum atomic E-state index is -4.55. The third-order valence-electron chi connectivity index (χ3n) is 5.11. The number of methoxy groups -OCH3 is 1. The third-order valence-corrected chi connectivity index (χ3v) is 5.11. The van der Waals surface area contributed by atoms with Crippen LogP contribution in [0.25, 0.3) is 28.0 Å². The molecule has 30 heavy (non-hydrogen) atoms. The Labute approximate surface area is 170 Å². The molecule has 0 saturated heterocycles. The number of benzene rings is 1. The summed E-state index contributed by atoms with van der Waals surface area (Å²) in [6.07, 6.45) is -3.00. The Kier molecular flexibility index (Phi) is 4.76. The molecule has 4 aromatic rings. The first-order chi connectivity index (χ1) is 14.2. The molecule has 0 saturated carbocycles. The van der Waals surface area contributed by atoms with E-state index in [1.807, 2.05) is 13.8 Å². The van der Waals surface area contributed by atoms with Gasteiger partial charge in [-0.25, -0.2) is 9.67 Å². The van der Waals surface area contributed by atoms with Crippen molar-refractivity contribution in [2.45, 2.75) is 33.5 Å². The van der Waals surface area contributed by atoms with Crippen molar-refractivity contribution >= 4 is 11.0 Å². The van der Waals surface area contributed by atoms with E-state index in [1.54, 1.807) is 49.2 Å². The summed E-state index contributed by atoms with van der Waals surface area (Å²) in [5.74, 6) is 0.638. The summed E-state index contributed by atoms with van der Waals surface area (Å²) in [7, 11) is 1.55. The molecule has 0 fully saturated rings. The lowest BCUT2D eigenvalue weighted by Gasteiger charge is -2.12. The van der Waals surface area contributed by atoms with Gasteiger partial charge in [0.05, 0.1) is 41.3 Å². The number of nitrogens with zero attached hydrogens (tertiary/aromatic N) is 5. The van der Waals surface area contributed by atoms with Crippen LogP contribution in [-0.2, 0) is 12.7 Å². The second-order valence-corrected chi connectivity index (χ2v) is 6.91. The molecule has 0 aliphatic rings. The Morgan fingerprint density at radius 1 is 1.10 bits per heavy atom. The van der Waals surface area contributed by atoms with Crippen molar-refractivity contribution in [1.82, 2.24) is 24.5 Å². The first-order valence-electron chi connectivity index (χ1n) is 9.39. The number of ether oxygens (including phenoxy) is 1. The summed E-state index contributed by atoms with van der Waals surface area (Å²) >= 11 is 0. The molecule has 0 aliphatic carbocycles. The Morgan fingerprint density at radius 3 is 2.37 bits per heavy atom. The number of halogens is 3. The van der Waals surface area contributed by atoms with Crippen molar-refractivity contribution in [2.75, 3.05) is 7.11 Å². The Hall–Kier alpha value is -3.36. The summed E-state index contributed by atoms with van der Waals surface area (Å²) in [5.41, 5.74) is 1.76. The van der Waals surface area contributed by atoms with Gasteiger partial charge in [0.2, 0.25) is 0 Å². The van der Waals surface area contributed by atoms with Gasteiger partial charge in [0.15, 0.2) is 5.65 Å². The Bertz CT molecular complexity index is 1220. The van der Waals surface area contributed by atoms with Crippen molar-refractivity contribution in [3.05, 3.63) is 53.5 Å². The van der Waals surface area contributed by atoms with Crippen LogP contribution in [0.5, 0.6) is 5.75 Å². The van der Waals surface area contributed by atoms with Gasteiger partial charge in [-0.1, -0.05) is 0 Å². The zero-order chi connectivity index (χ0) is 21.6. The lowest BCUT2D eigenvalue weighted by atomic mass is 10.1. The summed E-state index contributed by atoms with van der Waals surface area (Å²) < 4.78 is 50.2. The molecule has 9 heteroatoms. The normalized spacial score (nSPS) is 12.0. The molecule has 0 radical (unpaired) electrons. The number of aromatic nitrogens is 5. The standard InChI is InChI=1S/C21H20F3N5O/c1-5-28-13(3)16(11-25-28)18-10-17(21(22,23)24)19-12(2)27-29(20(19)26-18)14-6-8-15(30-4)9-7-14/h6-11H,5H2,1-4H3. The van der Waals surface area contributed by atoms with E-state index >= 15 is 0 Å². The molecule has 0 unspecified atom stereocenters. The zero-order valence-corrected chi connectivity index (χ0v) is 16.9. The average Bonchev–Trinajstić information content (AvgIpc) is 3.26. The van der Waals surface area contributed by atoms with Gasteiger partial charge < -0.3 is 4.74 Å². The fourth-order valence-corrected chi connectivity index (χ4v) is 3.57. The van der Waals surface area contributed by atoms with Crippen molar-refractivity contribution in [3.63, 3.8) is 0 Å². The maximum Gasteiger partial charge on any atom is 0.417 e. The van der Waals surface area contributed by atoms with Crippen molar-refractivity contribution < 1.29 is 17.9 Å². The van der Waals surface area contributed by atoms with E-state index in [9.17, 15) is 13.2 Å². The number of alkyl halides is 3. The fraction of sp³-hybridized carbons (Fsp3) is 0.286. The van der Waals surface area contributed by atoms with Crippen LogP contribution in [0.2, 0.25) is 0 Å². The van der Waals surface area contributed by atoms with Crippen LogP contribution in [-0.4, -0.2) is 31.7 Å². The Balaban J connectivity index is 2.02. The van der Waals surface area contributed by atoms with E-state index in [2.05, 4.69) is 15.2 Å². The molecule has 0 bridgehead atoms. The predicted molar refractivity (Wildman–Crippen MR) is 107 cm³/mol. The van der Waals surface area contributed by atoms with Gasteiger partial charge in [0.25, 0.3) is 0 Å². The van der Waals surface area contributed by atoms with Crippen LogP contribution in [0.1, 0.15) is 23.9 Å². The summed E-state index contributed by atoms with van der Waals surface area (Å²) in [4.78, 5) is 4.58. The van der Waals surface area contributed by atoms with E-state index < -0.39 is 11.7 Å². The first-order valence-corrected chi connectivity index (χ1v) is 9.39. The van der Waals surface area contributed by atoms with Crippen molar-refractivity contribution in [3.8, 4) is 22.7 Å². The first kappa shape index (κ1) is 19.9. The summed E-state index contributed by atoms with van der Waals surface area (Å²) in [5, 5.41) is 8.60. The molecule has 0 amide bonds. The maximum absolute atomic E-state index is 14.0. The molecule has 156 valence electrons. The summed E-state index contributed by atoms with van der Waals surface area (Å²) in [6.45, 7) is 5.91. The molecule has 3 aromatic heterocycles. The minimum absolute atomic E-state index is 0.0115. The van der Waals surface area contributed by atoms with E-state index in [0.29, 0.717) is 23.5 Å². The van der Waals surface area contributed by atoms with E-state index in [4.69, 9.17) is 4.74 Å². The highest BCUT2D eigenvalue weighted by molar-refractivity contribution is 5.87. The number of fused-ring (bicyclic) bond motifs is 1. The molecule has 0 N–H and O–H groups in total. The number of rotatable bonds is 4. The average molecular weight is 415 g/mol. The van der Waals surface area contributed by atoms with E-state index in [0.717, 1.165) is 11.8 Å². The number of pyridine rings is 1. The number of hydrogen-bond acceptors (Lipinski definition) is 4. The van der Waals surface area contributed by atoms with Gasteiger partial charge in [-0.3, -0.25) is 4.68 Å². The van der Waals surface area contributed by atoms with Crippen LogP contribution >= 0.6 is 0 Å². The van der Waals surface area contributed by atoms with Crippen LogP contribution in [0.15, 0.2) is 36.5 Å². The lowest BCUT2D eigenvalue weighted by molar-refractivity contribution is -0.136. The maximum atomic E-state index is 14.0. The van der Waals surface area contributed by atoms with Crippen molar-refractivity contribution in [1.29, 1.82) is 0 Å². The lowest BCUT2D eigenvalue weighted by Crippen LogP contribution is -2.08. The number of aryl methyl sites for hydroxylation is 2. The second-order valence-electron chi connectivity index (χ2n) is 6.91. The molecule has 0 aliphatic heterocycles. The number of hydrogen-bond donors (Lipinski definition) is 0. The monoisotopic (exact) mass is 415 g/mol. The van der Waals surface area contributed by atoms with Gasteiger partial charge in [0, 0.05) is 17.8 Å². The molecule has 0 atom stereocenters. The van der Waals surface area contributed by atoms with Gasteiger partial charge in [0.1, 0.15) is 5.75 Å². The topological polar surface area (TPSA) is 57.8 Å². The van der Waals surface area contributed by atoms with Gasteiger partial charge >= 0.3 is 6.18 Å². The third kappa shape index (κ3) is 3.20. The summed E-state index contributed by atoms with van der Waals surface area (Å²) in [6, 6.07) is 7.99. The van der Waals surface area contributed by atoms with Gasteiger partial charge in [-0.2, -0.15) is 23.4 Å². The smallest absolute Gasteiger partial charge is 0.417 e. The highest BCUT2D eigenvalue weighted by Crippen LogP contribution is 2.39. The zero-order valence-electron chi connectivity index (χ0n) is 16.9. The fourth-order valence-electron chi connectivity index (χ4n) is 3.57. The Morgan fingerprint density at radius 2 is 1.80 bits per heavy atom. The second kappa shape index (κ2) is 7.16. The molecule has 4 rings (SSSR count). The van der Waals surface area contributed by atoms with Gasteiger partial charge in [-0.15, -0.1) is 0 Å². The molecule has 6 nitrogen and oxygen atoms in total. The molecular weight excluding hydrogens is 395 g/mol. The molecular formula is C21H20F3N5O. The van der Waals surface area contributed by atoms with Gasteiger partial charge in [-0.05, 0) is 51.1 Å². The molecule has 3 heterocycles. The largest absolute Gasteiger partial charge is 0.497 e. The van der Waals surface area contributed by atoms with E-state index in [-0.39, 0.29) is 22.4 Å².